The number of rotatable bonds is 6. The van der Waals surface area contributed by atoms with E-state index in [0.29, 0.717) is 49.1 Å². The van der Waals surface area contributed by atoms with Crippen molar-refractivity contribution in [3.05, 3.63) is 81.9 Å². The summed E-state index contributed by atoms with van der Waals surface area (Å²) in [5.74, 6) is 0.414. The van der Waals surface area contributed by atoms with Crippen molar-refractivity contribution in [2.24, 2.45) is 0 Å². The molecule has 10 nitrogen and oxygen atoms in total. The lowest BCUT2D eigenvalue weighted by Gasteiger charge is -2.30. The quantitative estimate of drug-likeness (QED) is 0.216. The highest BCUT2D eigenvalue weighted by Crippen LogP contribution is 2.42. The summed E-state index contributed by atoms with van der Waals surface area (Å²) in [6.07, 6.45) is 9.89. The van der Waals surface area contributed by atoms with Crippen LogP contribution in [0.15, 0.2) is 48.6 Å². The van der Waals surface area contributed by atoms with E-state index < -0.39 is 11.2 Å². The van der Waals surface area contributed by atoms with Crippen molar-refractivity contribution in [1.29, 1.82) is 0 Å². The molecular formula is C42H54N2O8. The Bertz CT molecular complexity index is 1610. The van der Waals surface area contributed by atoms with Gasteiger partial charge in [0, 0.05) is 26.2 Å². The van der Waals surface area contributed by atoms with Gasteiger partial charge in [-0.1, -0.05) is 24.3 Å². The molecule has 2 aliphatic heterocycles. The van der Waals surface area contributed by atoms with Crippen LogP contribution in [0.5, 0.6) is 0 Å². The zero-order valence-corrected chi connectivity index (χ0v) is 32.0. The SMILES string of the molecule is COC(=O)c1cc(C2=CCCN(C(=O)OC(C)(C)C)C2)cc(C2CC2)c1.COC(=O)c1cc(C2=CCCN(C(=O)OC(C)(C)C)C2)cc(C2CC2)c1. The fourth-order valence-electron chi connectivity index (χ4n) is 6.32. The minimum absolute atomic E-state index is 0.297. The number of hydrogen-bond acceptors (Lipinski definition) is 8. The third-order valence-corrected chi connectivity index (χ3v) is 9.20. The summed E-state index contributed by atoms with van der Waals surface area (Å²) in [5, 5.41) is 0. The Kier molecular flexibility index (Phi) is 11.9. The molecule has 0 bridgehead atoms. The number of ether oxygens (including phenoxy) is 4. The molecule has 0 aromatic heterocycles. The van der Waals surface area contributed by atoms with Crippen LogP contribution in [0.3, 0.4) is 0 Å². The van der Waals surface area contributed by atoms with E-state index in [1.54, 1.807) is 9.80 Å². The van der Waals surface area contributed by atoms with Gasteiger partial charge in [-0.25, -0.2) is 19.2 Å². The number of carbonyl (C=O) groups excluding carboxylic acids is 4. The third kappa shape index (κ3) is 10.7. The summed E-state index contributed by atoms with van der Waals surface area (Å²) in [5.41, 5.74) is 6.56. The molecule has 10 heteroatoms. The van der Waals surface area contributed by atoms with E-state index in [1.165, 1.54) is 25.3 Å². The van der Waals surface area contributed by atoms with E-state index in [9.17, 15) is 19.2 Å². The zero-order chi connectivity index (χ0) is 37.8. The zero-order valence-electron chi connectivity index (χ0n) is 32.0. The summed E-state index contributed by atoms with van der Waals surface area (Å²) in [6, 6.07) is 11.9. The van der Waals surface area contributed by atoms with Gasteiger partial charge in [0.25, 0.3) is 0 Å². The summed E-state index contributed by atoms with van der Waals surface area (Å²) in [6.45, 7) is 13.5. The molecule has 2 amide bonds. The average molecular weight is 715 g/mol. The van der Waals surface area contributed by atoms with Gasteiger partial charge in [0.1, 0.15) is 11.2 Å². The van der Waals surface area contributed by atoms with E-state index in [2.05, 4.69) is 24.3 Å². The fraction of sp³-hybridized carbons (Fsp3) is 0.524. The van der Waals surface area contributed by atoms with Gasteiger partial charge in [0.05, 0.1) is 25.3 Å². The van der Waals surface area contributed by atoms with Crippen LogP contribution in [0, 0.1) is 0 Å². The maximum absolute atomic E-state index is 12.4. The minimum atomic E-state index is -0.512. The van der Waals surface area contributed by atoms with Gasteiger partial charge in [-0.05, 0) is 150 Å². The Labute approximate surface area is 308 Å². The van der Waals surface area contributed by atoms with E-state index >= 15 is 0 Å². The van der Waals surface area contributed by atoms with Gasteiger partial charge in [-0.2, -0.15) is 0 Å². The minimum Gasteiger partial charge on any atom is -0.465 e. The van der Waals surface area contributed by atoms with Crippen LogP contribution in [0.25, 0.3) is 11.1 Å². The molecule has 0 N–H and O–H groups in total. The normalized spacial score (nSPS) is 17.5. The lowest BCUT2D eigenvalue weighted by atomic mass is 9.95. The van der Waals surface area contributed by atoms with Crippen molar-refractivity contribution in [2.75, 3.05) is 40.4 Å². The first kappa shape index (κ1) is 38.6. The summed E-state index contributed by atoms with van der Waals surface area (Å²) in [7, 11) is 2.80. The van der Waals surface area contributed by atoms with Crippen LogP contribution in [0.1, 0.15) is 135 Å². The van der Waals surface area contributed by atoms with E-state index in [1.807, 2.05) is 65.8 Å². The second-order valence-electron chi connectivity index (χ2n) is 16.1. The van der Waals surface area contributed by atoms with Gasteiger partial charge >= 0.3 is 24.1 Å². The smallest absolute Gasteiger partial charge is 0.410 e. The molecule has 0 unspecified atom stereocenters. The van der Waals surface area contributed by atoms with Gasteiger partial charge in [-0.3, -0.25) is 0 Å². The molecule has 6 rings (SSSR count). The molecule has 4 aliphatic rings. The highest BCUT2D eigenvalue weighted by molar-refractivity contribution is 5.92. The molecule has 2 saturated carbocycles. The third-order valence-electron chi connectivity index (χ3n) is 9.20. The molecule has 280 valence electrons. The topological polar surface area (TPSA) is 112 Å². The molecular weight excluding hydrogens is 660 g/mol. The number of methoxy groups -OCH3 is 2. The Morgan fingerprint density at radius 2 is 0.942 bits per heavy atom. The Morgan fingerprint density at radius 1 is 0.577 bits per heavy atom. The molecule has 0 saturated heterocycles. The van der Waals surface area contributed by atoms with Crippen LogP contribution < -0.4 is 0 Å². The van der Waals surface area contributed by atoms with Crippen molar-refractivity contribution >= 4 is 35.3 Å². The van der Waals surface area contributed by atoms with Crippen molar-refractivity contribution < 1.29 is 38.1 Å². The molecule has 52 heavy (non-hydrogen) atoms. The van der Waals surface area contributed by atoms with Crippen LogP contribution in [-0.2, 0) is 18.9 Å². The molecule has 2 aliphatic carbocycles. The van der Waals surface area contributed by atoms with Gasteiger partial charge in [-0.15, -0.1) is 0 Å². The Morgan fingerprint density at radius 3 is 1.25 bits per heavy atom. The van der Waals surface area contributed by atoms with E-state index in [-0.39, 0.29) is 24.1 Å². The lowest BCUT2D eigenvalue weighted by Crippen LogP contribution is -2.39. The first-order valence-corrected chi connectivity index (χ1v) is 18.3. The van der Waals surface area contributed by atoms with Crippen molar-refractivity contribution in [3.8, 4) is 0 Å². The summed E-state index contributed by atoms with van der Waals surface area (Å²) < 4.78 is 20.8. The Balaban J connectivity index is 0.000000201. The van der Waals surface area contributed by atoms with Crippen LogP contribution in [-0.4, -0.2) is 85.5 Å². The van der Waals surface area contributed by atoms with Gasteiger partial charge < -0.3 is 28.7 Å². The Hall–Kier alpha value is -4.60. The van der Waals surface area contributed by atoms with E-state index in [0.717, 1.165) is 60.8 Å². The molecule has 0 spiro atoms. The standard InChI is InChI=1S/2C21H27NO4/c2*1-21(2,3)26-20(24)22-9-5-6-15(13-22)17-10-16(14-7-8-14)11-18(12-17)19(23)25-4/h2*6,10-12,14H,5,7-9,13H2,1-4H3. The van der Waals surface area contributed by atoms with Crippen molar-refractivity contribution in [3.63, 3.8) is 0 Å². The second-order valence-corrected chi connectivity index (χ2v) is 16.1. The molecule has 2 heterocycles. The first-order valence-electron chi connectivity index (χ1n) is 18.3. The van der Waals surface area contributed by atoms with Crippen molar-refractivity contribution in [1.82, 2.24) is 9.80 Å². The number of esters is 2. The predicted octanol–water partition coefficient (Wildman–Crippen LogP) is 8.75. The number of carbonyl (C=O) groups is 4. The van der Waals surface area contributed by atoms with Gasteiger partial charge in [0.2, 0.25) is 0 Å². The summed E-state index contributed by atoms with van der Waals surface area (Å²) >= 11 is 0. The van der Waals surface area contributed by atoms with E-state index in [4.69, 9.17) is 18.9 Å². The maximum atomic E-state index is 12.4. The molecule has 2 aromatic rings. The second kappa shape index (κ2) is 16.0. The van der Waals surface area contributed by atoms with Crippen LogP contribution >= 0.6 is 0 Å². The fourth-order valence-corrected chi connectivity index (χ4v) is 6.32. The molecule has 2 fully saturated rings. The number of benzene rings is 2. The first-order chi connectivity index (χ1) is 24.5. The predicted molar refractivity (Wildman–Crippen MR) is 200 cm³/mol. The maximum Gasteiger partial charge on any atom is 0.410 e. The summed E-state index contributed by atoms with van der Waals surface area (Å²) in [4.78, 5) is 52.3. The van der Waals surface area contributed by atoms with Crippen molar-refractivity contribution in [2.45, 2.75) is 103 Å². The highest BCUT2D eigenvalue weighted by atomic mass is 16.6. The number of amides is 2. The monoisotopic (exact) mass is 714 g/mol. The molecule has 0 atom stereocenters. The largest absolute Gasteiger partial charge is 0.465 e. The van der Waals surface area contributed by atoms with Gasteiger partial charge in [0.15, 0.2) is 0 Å². The molecule has 0 radical (unpaired) electrons. The lowest BCUT2D eigenvalue weighted by molar-refractivity contribution is 0.0262. The average Bonchev–Trinajstić information content (AvgIpc) is 4.03. The highest BCUT2D eigenvalue weighted by Gasteiger charge is 2.30. The number of hydrogen-bond donors (Lipinski definition) is 0. The van der Waals surface area contributed by atoms with Crippen LogP contribution in [0.2, 0.25) is 0 Å². The number of nitrogens with zero attached hydrogens (tertiary/aromatic N) is 2. The van der Waals surface area contributed by atoms with Crippen LogP contribution in [0.4, 0.5) is 9.59 Å². The molecule has 2 aromatic carbocycles.